The molecule has 0 unspecified atom stereocenters. The molecule has 0 spiro atoms. The van der Waals surface area contributed by atoms with Crippen LogP contribution in [0.25, 0.3) is 0 Å². The highest BCUT2D eigenvalue weighted by Gasteiger charge is 2.20. The maximum atomic E-state index is 3.62. The van der Waals surface area contributed by atoms with Crippen LogP contribution in [-0.2, 0) is 0 Å². The van der Waals surface area contributed by atoms with E-state index in [2.05, 4.69) is 25.7 Å². The highest BCUT2D eigenvalue weighted by atomic mass is 14.2. The van der Waals surface area contributed by atoms with Crippen LogP contribution in [0.1, 0.15) is 78.1 Å². The molecule has 2 aliphatic carbocycles. The van der Waals surface area contributed by atoms with Gasteiger partial charge in [0.25, 0.3) is 0 Å². The van der Waals surface area contributed by atoms with Crippen LogP contribution in [-0.4, -0.2) is 0 Å². The minimum Gasteiger partial charge on any atom is -0.0996 e. The average molecular weight is 246 g/mol. The molecular formula is C18H30. The summed E-state index contributed by atoms with van der Waals surface area (Å²) in [6.45, 7) is 4.70. The van der Waals surface area contributed by atoms with Gasteiger partial charge in [-0.1, -0.05) is 38.5 Å². The number of hydrogen-bond donors (Lipinski definition) is 0. The molecule has 0 amide bonds. The van der Waals surface area contributed by atoms with Crippen LogP contribution in [0.5, 0.6) is 0 Å². The van der Waals surface area contributed by atoms with Crippen molar-refractivity contribution in [2.75, 3.05) is 0 Å². The van der Waals surface area contributed by atoms with E-state index in [1.54, 1.807) is 0 Å². The SMILES string of the molecule is CCCC1CCC(C#CC2CCC(C)CC2)CC1. The summed E-state index contributed by atoms with van der Waals surface area (Å²) in [5, 5.41) is 0. The van der Waals surface area contributed by atoms with Gasteiger partial charge in [-0.3, -0.25) is 0 Å². The normalized spacial score (nSPS) is 36.8. The molecule has 0 heteroatoms. The van der Waals surface area contributed by atoms with Crippen molar-refractivity contribution in [3.8, 4) is 11.8 Å². The van der Waals surface area contributed by atoms with Crippen LogP contribution >= 0.6 is 0 Å². The van der Waals surface area contributed by atoms with E-state index in [1.807, 2.05) is 0 Å². The Kier molecular flexibility index (Phi) is 5.61. The Hall–Kier alpha value is -0.440. The Labute approximate surface area is 114 Å². The van der Waals surface area contributed by atoms with Crippen molar-refractivity contribution in [1.29, 1.82) is 0 Å². The molecule has 0 aliphatic heterocycles. The summed E-state index contributed by atoms with van der Waals surface area (Å²) in [5.41, 5.74) is 0. The molecule has 102 valence electrons. The van der Waals surface area contributed by atoms with Gasteiger partial charge in [-0.2, -0.15) is 0 Å². The first-order valence-electron chi connectivity index (χ1n) is 8.29. The molecule has 2 rings (SSSR count). The molecule has 0 radical (unpaired) electrons. The van der Waals surface area contributed by atoms with E-state index in [4.69, 9.17) is 0 Å². The van der Waals surface area contributed by atoms with E-state index in [-0.39, 0.29) is 0 Å². The van der Waals surface area contributed by atoms with Crippen LogP contribution in [0.3, 0.4) is 0 Å². The maximum absolute atomic E-state index is 3.62. The van der Waals surface area contributed by atoms with Gasteiger partial charge < -0.3 is 0 Å². The van der Waals surface area contributed by atoms with Gasteiger partial charge in [0, 0.05) is 11.8 Å². The third-order valence-electron chi connectivity index (χ3n) is 5.05. The second-order valence-corrected chi connectivity index (χ2v) is 6.75. The summed E-state index contributed by atoms with van der Waals surface area (Å²) in [7, 11) is 0. The Morgan fingerprint density at radius 2 is 1.28 bits per heavy atom. The quantitative estimate of drug-likeness (QED) is 0.570. The summed E-state index contributed by atoms with van der Waals surface area (Å²) in [6.07, 6.45) is 14.0. The van der Waals surface area contributed by atoms with Crippen LogP contribution < -0.4 is 0 Å². The monoisotopic (exact) mass is 246 g/mol. The van der Waals surface area contributed by atoms with Crippen LogP contribution in [0.15, 0.2) is 0 Å². The number of hydrogen-bond acceptors (Lipinski definition) is 0. The summed E-state index contributed by atoms with van der Waals surface area (Å²) in [6, 6.07) is 0. The topological polar surface area (TPSA) is 0 Å². The third-order valence-corrected chi connectivity index (χ3v) is 5.05. The standard InChI is InChI=1S/C18H30/c1-3-4-16-9-11-18(12-10-16)14-13-17-7-5-15(2)6-8-17/h15-18H,3-12H2,1-2H3. The van der Waals surface area contributed by atoms with Gasteiger partial charge in [0.1, 0.15) is 0 Å². The molecule has 2 fully saturated rings. The van der Waals surface area contributed by atoms with Crippen molar-refractivity contribution < 1.29 is 0 Å². The van der Waals surface area contributed by atoms with Gasteiger partial charge in [0.05, 0.1) is 0 Å². The first-order chi connectivity index (χ1) is 8.78. The molecule has 0 aromatic rings. The van der Waals surface area contributed by atoms with Gasteiger partial charge in [0.15, 0.2) is 0 Å². The fraction of sp³-hybridized carbons (Fsp3) is 0.889. The lowest BCUT2D eigenvalue weighted by molar-refractivity contribution is 0.298. The molecular weight excluding hydrogens is 216 g/mol. The first kappa shape index (κ1) is 14.0. The Morgan fingerprint density at radius 3 is 1.78 bits per heavy atom. The van der Waals surface area contributed by atoms with Crippen molar-refractivity contribution in [2.24, 2.45) is 23.7 Å². The van der Waals surface area contributed by atoms with Gasteiger partial charge in [-0.25, -0.2) is 0 Å². The Morgan fingerprint density at radius 1 is 0.778 bits per heavy atom. The second-order valence-electron chi connectivity index (χ2n) is 6.75. The van der Waals surface area contributed by atoms with Gasteiger partial charge in [-0.15, -0.1) is 0 Å². The van der Waals surface area contributed by atoms with Crippen molar-refractivity contribution in [1.82, 2.24) is 0 Å². The molecule has 18 heavy (non-hydrogen) atoms. The molecule has 2 saturated carbocycles. The zero-order valence-corrected chi connectivity index (χ0v) is 12.4. The largest absolute Gasteiger partial charge is 0.0996 e. The Balaban J connectivity index is 1.71. The third kappa shape index (κ3) is 4.34. The summed E-state index contributed by atoms with van der Waals surface area (Å²) >= 11 is 0. The smallest absolute Gasteiger partial charge is 0.0203 e. The minimum absolute atomic E-state index is 0.731. The molecule has 0 aromatic heterocycles. The maximum Gasteiger partial charge on any atom is 0.0203 e. The lowest BCUT2D eigenvalue weighted by Gasteiger charge is -2.26. The van der Waals surface area contributed by atoms with E-state index in [0.717, 1.165) is 23.7 Å². The molecule has 0 heterocycles. The Bertz CT molecular complexity index is 277. The molecule has 2 aliphatic rings. The predicted octanol–water partition coefficient (Wildman–Crippen LogP) is 5.42. The molecule has 0 bridgehead atoms. The summed E-state index contributed by atoms with van der Waals surface area (Å²) in [4.78, 5) is 0. The van der Waals surface area contributed by atoms with E-state index in [9.17, 15) is 0 Å². The minimum atomic E-state index is 0.731. The van der Waals surface area contributed by atoms with Crippen molar-refractivity contribution in [3.05, 3.63) is 0 Å². The highest BCUT2D eigenvalue weighted by Crippen LogP contribution is 2.32. The predicted molar refractivity (Wildman–Crippen MR) is 79.3 cm³/mol. The highest BCUT2D eigenvalue weighted by molar-refractivity contribution is 5.08. The molecule has 0 atom stereocenters. The molecule has 0 saturated heterocycles. The van der Waals surface area contributed by atoms with E-state index in [1.165, 1.54) is 64.2 Å². The van der Waals surface area contributed by atoms with Gasteiger partial charge in [-0.05, 0) is 63.2 Å². The van der Waals surface area contributed by atoms with Gasteiger partial charge in [0.2, 0.25) is 0 Å². The van der Waals surface area contributed by atoms with Crippen molar-refractivity contribution in [3.63, 3.8) is 0 Å². The fourth-order valence-corrected chi connectivity index (χ4v) is 3.64. The van der Waals surface area contributed by atoms with Crippen LogP contribution in [0.4, 0.5) is 0 Å². The fourth-order valence-electron chi connectivity index (χ4n) is 3.64. The van der Waals surface area contributed by atoms with E-state index in [0.29, 0.717) is 0 Å². The van der Waals surface area contributed by atoms with E-state index >= 15 is 0 Å². The molecule has 0 N–H and O–H groups in total. The van der Waals surface area contributed by atoms with Crippen molar-refractivity contribution in [2.45, 2.75) is 78.1 Å². The number of rotatable bonds is 2. The van der Waals surface area contributed by atoms with Crippen LogP contribution in [0, 0.1) is 35.5 Å². The van der Waals surface area contributed by atoms with Crippen LogP contribution in [0.2, 0.25) is 0 Å². The average Bonchev–Trinajstić information content (AvgIpc) is 2.40. The summed E-state index contributed by atoms with van der Waals surface area (Å²) < 4.78 is 0. The van der Waals surface area contributed by atoms with Crippen molar-refractivity contribution >= 4 is 0 Å². The van der Waals surface area contributed by atoms with E-state index < -0.39 is 0 Å². The lowest BCUT2D eigenvalue weighted by Crippen LogP contribution is -2.14. The lowest BCUT2D eigenvalue weighted by atomic mass is 9.79. The zero-order valence-electron chi connectivity index (χ0n) is 12.4. The first-order valence-corrected chi connectivity index (χ1v) is 8.29. The molecule has 0 nitrogen and oxygen atoms in total. The molecule has 0 aromatic carbocycles. The second kappa shape index (κ2) is 7.22. The zero-order chi connectivity index (χ0) is 12.8. The summed E-state index contributed by atoms with van der Waals surface area (Å²) in [5.74, 6) is 10.7. The van der Waals surface area contributed by atoms with Gasteiger partial charge >= 0.3 is 0 Å².